The van der Waals surface area contributed by atoms with Crippen LogP contribution in [0.2, 0.25) is 0 Å². The van der Waals surface area contributed by atoms with Gasteiger partial charge < -0.3 is 14.8 Å². The quantitative estimate of drug-likeness (QED) is 0.573. The summed E-state index contributed by atoms with van der Waals surface area (Å²) in [7, 11) is 0. The number of imidazole rings is 1. The number of hydrogen-bond donors (Lipinski definition) is 1. The molecular formula is C24H27BrN4O2. The molecule has 0 saturated carbocycles. The lowest BCUT2D eigenvalue weighted by molar-refractivity contribution is -0.131. The number of aromatic nitrogens is 2. The maximum Gasteiger partial charge on any atom is 0.251 e. The summed E-state index contributed by atoms with van der Waals surface area (Å²) in [5.41, 5.74) is 2.31. The number of likely N-dealkylation sites (tertiary alicyclic amines) is 1. The van der Waals surface area contributed by atoms with E-state index in [-0.39, 0.29) is 24.4 Å². The van der Waals surface area contributed by atoms with Gasteiger partial charge in [-0.05, 0) is 56.2 Å². The number of rotatable bonds is 5. The van der Waals surface area contributed by atoms with E-state index in [0.29, 0.717) is 11.4 Å². The third-order valence-electron chi connectivity index (χ3n) is 5.78. The molecule has 3 aromatic rings. The standard InChI is InChI=1S/C24H27BrN4O2/c1-17(26-24(31)18-10-12-19(25)13-11-18)23-27-20-8-4-5-9-21(20)29(23)16-22(30)28-14-6-2-3-7-15-28/h4-5,8-13,17H,2-3,6-7,14-16H2,1H3,(H,26,31). The third kappa shape index (κ3) is 4.98. The summed E-state index contributed by atoms with van der Waals surface area (Å²) < 4.78 is 2.88. The van der Waals surface area contributed by atoms with Crippen molar-refractivity contribution in [2.24, 2.45) is 0 Å². The largest absolute Gasteiger partial charge is 0.342 e. The number of carbonyl (C=O) groups excluding carboxylic acids is 2. The Morgan fingerprint density at radius 3 is 2.42 bits per heavy atom. The Kier molecular flexibility index (Phi) is 6.70. The highest BCUT2D eigenvalue weighted by atomic mass is 79.9. The van der Waals surface area contributed by atoms with Gasteiger partial charge in [0.25, 0.3) is 5.91 Å². The number of amides is 2. The van der Waals surface area contributed by atoms with E-state index in [1.165, 1.54) is 12.8 Å². The van der Waals surface area contributed by atoms with Crippen LogP contribution >= 0.6 is 15.9 Å². The average Bonchev–Trinajstić information content (AvgIpc) is 2.94. The summed E-state index contributed by atoms with van der Waals surface area (Å²) in [5, 5.41) is 3.03. The molecule has 1 aliphatic heterocycles. The first-order valence-corrected chi connectivity index (χ1v) is 11.6. The van der Waals surface area contributed by atoms with Crippen LogP contribution in [0.5, 0.6) is 0 Å². The first-order valence-electron chi connectivity index (χ1n) is 10.8. The molecule has 0 radical (unpaired) electrons. The third-order valence-corrected chi connectivity index (χ3v) is 6.31. The van der Waals surface area contributed by atoms with Crippen molar-refractivity contribution in [1.29, 1.82) is 0 Å². The van der Waals surface area contributed by atoms with E-state index in [0.717, 1.165) is 41.4 Å². The minimum atomic E-state index is -0.347. The van der Waals surface area contributed by atoms with Gasteiger partial charge in [-0.25, -0.2) is 4.98 Å². The molecule has 1 N–H and O–H groups in total. The molecule has 1 unspecified atom stereocenters. The van der Waals surface area contributed by atoms with Gasteiger partial charge in [0.15, 0.2) is 0 Å². The van der Waals surface area contributed by atoms with Gasteiger partial charge in [0, 0.05) is 23.1 Å². The highest BCUT2D eigenvalue weighted by Crippen LogP contribution is 2.22. The molecule has 2 amide bonds. The molecular weight excluding hydrogens is 456 g/mol. The van der Waals surface area contributed by atoms with Gasteiger partial charge in [0.1, 0.15) is 12.4 Å². The van der Waals surface area contributed by atoms with Crippen LogP contribution < -0.4 is 5.32 Å². The van der Waals surface area contributed by atoms with Gasteiger partial charge in [-0.1, -0.05) is 40.9 Å². The highest BCUT2D eigenvalue weighted by Gasteiger charge is 2.23. The van der Waals surface area contributed by atoms with Crippen molar-refractivity contribution in [3.8, 4) is 0 Å². The number of hydrogen-bond acceptors (Lipinski definition) is 3. The zero-order valence-electron chi connectivity index (χ0n) is 17.7. The van der Waals surface area contributed by atoms with Crippen molar-refractivity contribution in [2.45, 2.75) is 45.2 Å². The van der Waals surface area contributed by atoms with Crippen LogP contribution in [0.15, 0.2) is 53.0 Å². The fraction of sp³-hybridized carbons (Fsp3) is 0.375. The maximum absolute atomic E-state index is 13.1. The van der Waals surface area contributed by atoms with E-state index < -0.39 is 0 Å². The van der Waals surface area contributed by atoms with E-state index >= 15 is 0 Å². The molecule has 0 spiro atoms. The number of halogens is 1. The Hall–Kier alpha value is -2.67. The zero-order valence-corrected chi connectivity index (χ0v) is 19.3. The molecule has 1 atom stereocenters. The molecule has 1 saturated heterocycles. The molecule has 162 valence electrons. The van der Waals surface area contributed by atoms with E-state index in [1.807, 2.05) is 52.8 Å². The van der Waals surface area contributed by atoms with E-state index in [9.17, 15) is 9.59 Å². The maximum atomic E-state index is 13.1. The summed E-state index contributed by atoms with van der Waals surface area (Å²) in [5.74, 6) is 0.630. The Labute approximate surface area is 190 Å². The molecule has 4 rings (SSSR count). The molecule has 2 aromatic carbocycles. The Morgan fingerprint density at radius 1 is 1.03 bits per heavy atom. The van der Waals surface area contributed by atoms with Crippen molar-refractivity contribution in [3.63, 3.8) is 0 Å². The molecule has 1 aliphatic rings. The van der Waals surface area contributed by atoms with E-state index in [1.54, 1.807) is 12.1 Å². The second-order valence-electron chi connectivity index (χ2n) is 8.04. The van der Waals surface area contributed by atoms with Crippen molar-refractivity contribution in [1.82, 2.24) is 19.8 Å². The summed E-state index contributed by atoms with van der Waals surface area (Å²) in [4.78, 5) is 32.6. The number of benzene rings is 2. The minimum absolute atomic E-state index is 0.109. The lowest BCUT2D eigenvalue weighted by atomic mass is 10.2. The molecule has 7 heteroatoms. The van der Waals surface area contributed by atoms with Gasteiger partial charge in [-0.2, -0.15) is 0 Å². The van der Waals surface area contributed by atoms with Crippen LogP contribution in [0, 0.1) is 0 Å². The van der Waals surface area contributed by atoms with Crippen molar-refractivity contribution >= 4 is 38.8 Å². The normalized spacial score (nSPS) is 15.5. The summed E-state index contributed by atoms with van der Waals surface area (Å²) >= 11 is 3.39. The topological polar surface area (TPSA) is 67.2 Å². The highest BCUT2D eigenvalue weighted by molar-refractivity contribution is 9.10. The van der Waals surface area contributed by atoms with Gasteiger partial charge in [0.05, 0.1) is 17.1 Å². The van der Waals surface area contributed by atoms with Crippen LogP contribution in [0.4, 0.5) is 0 Å². The Morgan fingerprint density at radius 2 is 1.71 bits per heavy atom. The fourth-order valence-electron chi connectivity index (χ4n) is 4.09. The van der Waals surface area contributed by atoms with Gasteiger partial charge in [-0.15, -0.1) is 0 Å². The zero-order chi connectivity index (χ0) is 21.8. The number of para-hydroxylation sites is 2. The van der Waals surface area contributed by atoms with Crippen molar-refractivity contribution in [3.05, 3.63) is 64.4 Å². The number of carbonyl (C=O) groups is 2. The van der Waals surface area contributed by atoms with Gasteiger partial charge in [-0.3, -0.25) is 9.59 Å². The summed E-state index contributed by atoms with van der Waals surface area (Å²) in [6.07, 6.45) is 4.48. The molecule has 0 bridgehead atoms. The van der Waals surface area contributed by atoms with Crippen LogP contribution in [-0.4, -0.2) is 39.4 Å². The van der Waals surface area contributed by atoms with Gasteiger partial charge >= 0.3 is 0 Å². The van der Waals surface area contributed by atoms with E-state index in [2.05, 4.69) is 21.2 Å². The fourth-order valence-corrected chi connectivity index (χ4v) is 4.36. The van der Waals surface area contributed by atoms with Crippen molar-refractivity contribution < 1.29 is 9.59 Å². The molecule has 2 heterocycles. The lowest BCUT2D eigenvalue weighted by Gasteiger charge is -2.22. The molecule has 6 nitrogen and oxygen atoms in total. The van der Waals surface area contributed by atoms with Gasteiger partial charge in [0.2, 0.25) is 5.91 Å². The number of fused-ring (bicyclic) bond motifs is 1. The smallest absolute Gasteiger partial charge is 0.251 e. The molecule has 1 aromatic heterocycles. The molecule has 1 fully saturated rings. The monoisotopic (exact) mass is 482 g/mol. The lowest BCUT2D eigenvalue weighted by Crippen LogP contribution is -2.36. The number of nitrogens with zero attached hydrogens (tertiary/aromatic N) is 3. The van der Waals surface area contributed by atoms with Crippen LogP contribution in [0.1, 0.15) is 54.8 Å². The average molecular weight is 483 g/mol. The second kappa shape index (κ2) is 9.64. The minimum Gasteiger partial charge on any atom is -0.342 e. The first-order chi connectivity index (χ1) is 15.0. The number of nitrogens with one attached hydrogen (secondary N) is 1. The predicted molar refractivity (Wildman–Crippen MR) is 125 cm³/mol. The van der Waals surface area contributed by atoms with Crippen LogP contribution in [0.3, 0.4) is 0 Å². The molecule has 0 aliphatic carbocycles. The van der Waals surface area contributed by atoms with Crippen LogP contribution in [-0.2, 0) is 11.3 Å². The van der Waals surface area contributed by atoms with E-state index in [4.69, 9.17) is 4.98 Å². The Bertz CT molecular complexity index is 1070. The Balaban J connectivity index is 1.58. The predicted octanol–water partition coefficient (Wildman–Crippen LogP) is 4.69. The first kappa shape index (κ1) is 21.6. The van der Waals surface area contributed by atoms with Crippen molar-refractivity contribution in [2.75, 3.05) is 13.1 Å². The summed E-state index contributed by atoms with van der Waals surface area (Å²) in [6, 6.07) is 14.7. The molecule has 31 heavy (non-hydrogen) atoms. The SMILES string of the molecule is CC(NC(=O)c1ccc(Br)cc1)c1nc2ccccc2n1CC(=O)N1CCCCCC1. The summed E-state index contributed by atoms with van der Waals surface area (Å²) in [6.45, 7) is 3.77. The van der Waals surface area contributed by atoms with Crippen LogP contribution in [0.25, 0.3) is 11.0 Å². The second-order valence-corrected chi connectivity index (χ2v) is 8.96.